The first-order valence-electron chi connectivity index (χ1n) is 7.01. The minimum Gasteiger partial charge on any atom is -0.461 e. The zero-order valence-electron chi connectivity index (χ0n) is 12.3. The van der Waals surface area contributed by atoms with Crippen molar-refractivity contribution in [3.05, 3.63) is 65.2 Å². The van der Waals surface area contributed by atoms with Crippen molar-refractivity contribution in [2.45, 2.75) is 25.6 Å². The molecule has 0 aliphatic carbocycles. The van der Waals surface area contributed by atoms with Gasteiger partial charge in [-0.1, -0.05) is 36.4 Å². The van der Waals surface area contributed by atoms with E-state index in [9.17, 15) is 18.0 Å². The van der Waals surface area contributed by atoms with Crippen LogP contribution in [0.3, 0.4) is 0 Å². The van der Waals surface area contributed by atoms with Crippen molar-refractivity contribution in [3.63, 3.8) is 0 Å². The molecular weight excluding hydrogens is 307 g/mol. The van der Waals surface area contributed by atoms with Gasteiger partial charge in [0.1, 0.15) is 6.61 Å². The number of ether oxygens (including phenoxy) is 1. The standard InChI is InChI=1S/C17H16F3NO2/c18-17(19,20)14-8-6-13(15(21)10-14)7-9-16(22)23-11-12-4-2-1-3-5-12/h1-6,8,10H,7,9,11,21H2. The summed E-state index contributed by atoms with van der Waals surface area (Å²) in [6, 6.07) is 12.3. The number of aryl methyl sites for hydroxylation is 1. The van der Waals surface area contributed by atoms with Gasteiger partial charge < -0.3 is 10.5 Å². The molecule has 0 saturated carbocycles. The summed E-state index contributed by atoms with van der Waals surface area (Å²) < 4.78 is 42.7. The van der Waals surface area contributed by atoms with E-state index < -0.39 is 17.7 Å². The molecule has 2 aromatic carbocycles. The maximum Gasteiger partial charge on any atom is 0.416 e. The molecule has 6 heteroatoms. The molecule has 0 unspecified atom stereocenters. The number of hydrogen-bond acceptors (Lipinski definition) is 3. The first-order valence-corrected chi connectivity index (χ1v) is 7.01. The van der Waals surface area contributed by atoms with Crippen LogP contribution in [0.25, 0.3) is 0 Å². The molecule has 122 valence electrons. The molecule has 0 aliphatic heterocycles. The van der Waals surface area contributed by atoms with Gasteiger partial charge in [0.05, 0.1) is 5.56 Å². The van der Waals surface area contributed by atoms with Gasteiger partial charge in [0.2, 0.25) is 0 Å². The van der Waals surface area contributed by atoms with Crippen LogP contribution >= 0.6 is 0 Å². The molecule has 2 rings (SSSR count). The van der Waals surface area contributed by atoms with E-state index in [1.165, 1.54) is 6.07 Å². The Kier molecular flexibility index (Phi) is 5.26. The van der Waals surface area contributed by atoms with E-state index in [4.69, 9.17) is 10.5 Å². The van der Waals surface area contributed by atoms with Crippen LogP contribution in [0.1, 0.15) is 23.1 Å². The minimum atomic E-state index is -4.43. The minimum absolute atomic E-state index is 0.0238. The van der Waals surface area contributed by atoms with Gasteiger partial charge in [-0.2, -0.15) is 13.2 Å². The van der Waals surface area contributed by atoms with Gasteiger partial charge in [0, 0.05) is 12.1 Å². The fourth-order valence-corrected chi connectivity index (χ4v) is 2.05. The SMILES string of the molecule is Nc1cc(C(F)(F)F)ccc1CCC(=O)OCc1ccccc1. The van der Waals surface area contributed by atoms with E-state index in [-0.39, 0.29) is 25.1 Å². The molecule has 0 heterocycles. The number of hydrogen-bond donors (Lipinski definition) is 1. The summed E-state index contributed by atoms with van der Waals surface area (Å²) >= 11 is 0. The number of halogens is 3. The van der Waals surface area contributed by atoms with E-state index in [0.717, 1.165) is 17.7 Å². The molecule has 23 heavy (non-hydrogen) atoms. The van der Waals surface area contributed by atoms with Crippen molar-refractivity contribution in [3.8, 4) is 0 Å². The molecule has 0 amide bonds. The van der Waals surface area contributed by atoms with Gasteiger partial charge in [-0.15, -0.1) is 0 Å². The predicted molar refractivity (Wildman–Crippen MR) is 80.4 cm³/mol. The fraction of sp³-hybridized carbons (Fsp3) is 0.235. The number of alkyl halides is 3. The summed E-state index contributed by atoms with van der Waals surface area (Å²) in [4.78, 5) is 11.7. The molecular formula is C17H16F3NO2. The van der Waals surface area contributed by atoms with Crippen molar-refractivity contribution in [1.82, 2.24) is 0 Å². The van der Waals surface area contributed by atoms with Gasteiger partial charge in [-0.3, -0.25) is 4.79 Å². The molecule has 0 radical (unpaired) electrons. The Morgan fingerprint density at radius 1 is 1.09 bits per heavy atom. The van der Waals surface area contributed by atoms with E-state index in [2.05, 4.69) is 0 Å². The van der Waals surface area contributed by atoms with Gasteiger partial charge in [-0.05, 0) is 29.7 Å². The van der Waals surface area contributed by atoms with Gasteiger partial charge in [-0.25, -0.2) is 0 Å². The van der Waals surface area contributed by atoms with Crippen LogP contribution in [0.2, 0.25) is 0 Å². The summed E-state index contributed by atoms with van der Waals surface area (Å²) in [6.45, 7) is 0.169. The number of rotatable bonds is 5. The average molecular weight is 323 g/mol. The Labute approximate surface area is 131 Å². The third-order valence-corrected chi connectivity index (χ3v) is 3.31. The number of anilines is 1. The largest absolute Gasteiger partial charge is 0.461 e. The topological polar surface area (TPSA) is 52.3 Å². The maximum atomic E-state index is 12.5. The quantitative estimate of drug-likeness (QED) is 0.669. The van der Waals surface area contributed by atoms with Crippen molar-refractivity contribution in [1.29, 1.82) is 0 Å². The lowest BCUT2D eigenvalue weighted by Gasteiger charge is -2.11. The monoisotopic (exact) mass is 323 g/mol. The van der Waals surface area contributed by atoms with Crippen LogP contribution in [0.5, 0.6) is 0 Å². The second-order valence-corrected chi connectivity index (χ2v) is 5.06. The highest BCUT2D eigenvalue weighted by Crippen LogP contribution is 2.31. The van der Waals surface area contributed by atoms with Crippen molar-refractivity contribution < 1.29 is 22.7 Å². The Morgan fingerprint density at radius 3 is 2.39 bits per heavy atom. The maximum absolute atomic E-state index is 12.5. The zero-order chi connectivity index (χ0) is 16.9. The lowest BCUT2D eigenvalue weighted by molar-refractivity contribution is -0.145. The fourth-order valence-electron chi connectivity index (χ4n) is 2.05. The van der Waals surface area contributed by atoms with Crippen LogP contribution in [-0.2, 0) is 28.7 Å². The second-order valence-electron chi connectivity index (χ2n) is 5.06. The van der Waals surface area contributed by atoms with E-state index in [1.54, 1.807) is 0 Å². The average Bonchev–Trinajstić information content (AvgIpc) is 2.51. The normalized spacial score (nSPS) is 11.3. The van der Waals surface area contributed by atoms with Gasteiger partial charge in [0.15, 0.2) is 0 Å². The summed E-state index contributed by atoms with van der Waals surface area (Å²) in [7, 11) is 0. The molecule has 0 saturated heterocycles. The summed E-state index contributed by atoms with van der Waals surface area (Å²) in [6.07, 6.45) is -4.14. The van der Waals surface area contributed by atoms with Crippen molar-refractivity contribution in [2.24, 2.45) is 0 Å². The molecule has 0 bridgehead atoms. The number of esters is 1. The van der Waals surface area contributed by atoms with Crippen molar-refractivity contribution >= 4 is 11.7 Å². The molecule has 0 aliphatic rings. The molecule has 0 fully saturated rings. The smallest absolute Gasteiger partial charge is 0.416 e. The molecule has 2 N–H and O–H groups in total. The number of carbonyl (C=O) groups excluding carboxylic acids is 1. The summed E-state index contributed by atoms with van der Waals surface area (Å²) in [5, 5.41) is 0. The third-order valence-electron chi connectivity index (χ3n) is 3.31. The van der Waals surface area contributed by atoms with E-state index >= 15 is 0 Å². The van der Waals surface area contributed by atoms with E-state index in [0.29, 0.717) is 5.56 Å². The molecule has 3 nitrogen and oxygen atoms in total. The van der Waals surface area contributed by atoms with Crippen LogP contribution in [0.15, 0.2) is 48.5 Å². The van der Waals surface area contributed by atoms with Crippen LogP contribution in [0, 0.1) is 0 Å². The summed E-state index contributed by atoms with van der Waals surface area (Å²) in [5.74, 6) is -0.423. The van der Waals surface area contributed by atoms with Crippen LogP contribution < -0.4 is 5.73 Å². The number of carbonyl (C=O) groups is 1. The Hall–Kier alpha value is -2.50. The molecule has 0 aromatic heterocycles. The number of nitrogen functional groups attached to an aromatic ring is 1. The lowest BCUT2D eigenvalue weighted by atomic mass is 10.0. The second kappa shape index (κ2) is 7.17. The van der Waals surface area contributed by atoms with E-state index in [1.807, 2.05) is 30.3 Å². The molecule has 0 spiro atoms. The number of benzene rings is 2. The molecule has 0 atom stereocenters. The lowest BCUT2D eigenvalue weighted by Crippen LogP contribution is -2.09. The number of nitrogens with two attached hydrogens (primary N) is 1. The Morgan fingerprint density at radius 2 is 1.78 bits per heavy atom. The Balaban J connectivity index is 1.87. The Bertz CT molecular complexity index is 669. The third kappa shape index (κ3) is 5.02. The van der Waals surface area contributed by atoms with Crippen LogP contribution in [0.4, 0.5) is 18.9 Å². The van der Waals surface area contributed by atoms with Gasteiger partial charge >= 0.3 is 12.1 Å². The van der Waals surface area contributed by atoms with Gasteiger partial charge in [0.25, 0.3) is 0 Å². The first-order chi connectivity index (χ1) is 10.9. The molecule has 2 aromatic rings. The summed E-state index contributed by atoms with van der Waals surface area (Å²) in [5.41, 5.74) is 6.21. The highest BCUT2D eigenvalue weighted by Gasteiger charge is 2.30. The zero-order valence-corrected chi connectivity index (χ0v) is 12.3. The van der Waals surface area contributed by atoms with Crippen LogP contribution in [-0.4, -0.2) is 5.97 Å². The van der Waals surface area contributed by atoms with Crippen molar-refractivity contribution in [2.75, 3.05) is 5.73 Å². The predicted octanol–water partition coefficient (Wildman–Crippen LogP) is 3.96. The first kappa shape index (κ1) is 16.9. The highest BCUT2D eigenvalue weighted by atomic mass is 19.4. The highest BCUT2D eigenvalue weighted by molar-refractivity contribution is 5.70.